The highest BCUT2D eigenvalue weighted by Gasteiger charge is 2.25. The van der Waals surface area contributed by atoms with Crippen molar-refractivity contribution in [1.82, 2.24) is 9.80 Å². The van der Waals surface area contributed by atoms with E-state index in [9.17, 15) is 0 Å². The molecule has 17 heavy (non-hydrogen) atoms. The first-order valence-corrected chi connectivity index (χ1v) is 7.29. The van der Waals surface area contributed by atoms with E-state index < -0.39 is 0 Å². The van der Waals surface area contributed by atoms with E-state index in [2.05, 4.69) is 23.9 Å². The molecule has 2 N–H and O–H groups in total. The topological polar surface area (TPSA) is 32.5 Å². The van der Waals surface area contributed by atoms with Crippen molar-refractivity contribution in [3.8, 4) is 0 Å². The van der Waals surface area contributed by atoms with Crippen LogP contribution in [0.5, 0.6) is 0 Å². The van der Waals surface area contributed by atoms with Crippen molar-refractivity contribution >= 4 is 0 Å². The number of hydrogen-bond acceptors (Lipinski definition) is 3. The molecule has 0 aromatic carbocycles. The summed E-state index contributed by atoms with van der Waals surface area (Å²) in [4.78, 5) is 5.05. The zero-order chi connectivity index (χ0) is 12.3. The van der Waals surface area contributed by atoms with Gasteiger partial charge in [0.1, 0.15) is 0 Å². The summed E-state index contributed by atoms with van der Waals surface area (Å²) in [7, 11) is 4.55. The van der Waals surface area contributed by atoms with Crippen LogP contribution in [0.3, 0.4) is 0 Å². The molecule has 1 saturated heterocycles. The largest absolute Gasteiger partial charge is 0.328 e. The standard InChI is InChI=1S/C14H29N3/c1-16-8-6-14(7-9-16)17(2)11-12-4-3-5-13(15)10-12/h12-14H,3-11,15H2,1-2H3. The maximum absolute atomic E-state index is 6.07. The predicted octanol–water partition coefficient (Wildman–Crippen LogP) is 1.53. The van der Waals surface area contributed by atoms with Crippen LogP contribution in [0.25, 0.3) is 0 Å². The molecule has 3 heteroatoms. The Morgan fingerprint density at radius 2 is 1.88 bits per heavy atom. The summed E-state index contributed by atoms with van der Waals surface area (Å²) >= 11 is 0. The number of rotatable bonds is 3. The summed E-state index contributed by atoms with van der Waals surface area (Å²) in [6.45, 7) is 3.79. The molecule has 0 radical (unpaired) electrons. The van der Waals surface area contributed by atoms with Crippen LogP contribution in [-0.4, -0.2) is 55.6 Å². The minimum Gasteiger partial charge on any atom is -0.328 e. The maximum atomic E-state index is 6.07. The molecule has 1 aliphatic heterocycles. The SMILES string of the molecule is CN1CCC(N(C)CC2CCCC(N)C2)CC1. The van der Waals surface area contributed by atoms with Crippen LogP contribution in [-0.2, 0) is 0 Å². The van der Waals surface area contributed by atoms with Gasteiger partial charge < -0.3 is 15.5 Å². The Balaban J connectivity index is 1.74. The predicted molar refractivity (Wildman–Crippen MR) is 73.1 cm³/mol. The van der Waals surface area contributed by atoms with E-state index in [0.29, 0.717) is 6.04 Å². The lowest BCUT2D eigenvalue weighted by atomic mass is 9.85. The Kier molecular flexibility index (Phi) is 4.83. The molecule has 2 atom stereocenters. The van der Waals surface area contributed by atoms with Crippen LogP contribution in [0.4, 0.5) is 0 Å². The average Bonchev–Trinajstić information content (AvgIpc) is 2.29. The number of likely N-dealkylation sites (tertiary alicyclic amines) is 1. The number of piperidine rings is 1. The van der Waals surface area contributed by atoms with Gasteiger partial charge in [-0.3, -0.25) is 0 Å². The fourth-order valence-electron chi connectivity index (χ4n) is 3.49. The summed E-state index contributed by atoms with van der Waals surface area (Å²) in [5.41, 5.74) is 6.07. The Morgan fingerprint density at radius 3 is 2.53 bits per heavy atom. The minimum atomic E-state index is 0.472. The van der Waals surface area contributed by atoms with Crippen LogP contribution in [0.15, 0.2) is 0 Å². The number of nitrogens with zero attached hydrogens (tertiary/aromatic N) is 2. The van der Waals surface area contributed by atoms with E-state index >= 15 is 0 Å². The van der Waals surface area contributed by atoms with E-state index in [0.717, 1.165) is 12.0 Å². The molecular weight excluding hydrogens is 210 g/mol. The second-order valence-corrected chi connectivity index (χ2v) is 6.27. The summed E-state index contributed by atoms with van der Waals surface area (Å²) in [5.74, 6) is 0.850. The van der Waals surface area contributed by atoms with E-state index in [1.165, 1.54) is 58.2 Å². The molecule has 0 aromatic rings. The van der Waals surface area contributed by atoms with Gasteiger partial charge in [0.2, 0.25) is 0 Å². The van der Waals surface area contributed by atoms with Gasteiger partial charge in [-0.1, -0.05) is 6.42 Å². The van der Waals surface area contributed by atoms with Crippen molar-refractivity contribution in [2.45, 2.75) is 50.6 Å². The molecule has 2 unspecified atom stereocenters. The van der Waals surface area contributed by atoms with Gasteiger partial charge in [-0.15, -0.1) is 0 Å². The summed E-state index contributed by atoms with van der Waals surface area (Å²) in [6, 6.07) is 1.28. The van der Waals surface area contributed by atoms with Crippen LogP contribution < -0.4 is 5.73 Å². The van der Waals surface area contributed by atoms with E-state index in [-0.39, 0.29) is 0 Å². The fourth-order valence-corrected chi connectivity index (χ4v) is 3.49. The maximum Gasteiger partial charge on any atom is 0.0117 e. The second kappa shape index (κ2) is 6.17. The molecule has 2 aliphatic rings. The third kappa shape index (κ3) is 3.94. The first-order valence-electron chi connectivity index (χ1n) is 7.29. The average molecular weight is 239 g/mol. The second-order valence-electron chi connectivity index (χ2n) is 6.27. The Morgan fingerprint density at radius 1 is 1.18 bits per heavy atom. The van der Waals surface area contributed by atoms with Gasteiger partial charge in [-0.05, 0) is 65.2 Å². The van der Waals surface area contributed by atoms with Crippen LogP contribution in [0.2, 0.25) is 0 Å². The molecule has 1 heterocycles. The van der Waals surface area contributed by atoms with E-state index in [4.69, 9.17) is 5.73 Å². The lowest BCUT2D eigenvalue weighted by Crippen LogP contribution is -2.44. The van der Waals surface area contributed by atoms with Crippen molar-refractivity contribution in [3.63, 3.8) is 0 Å². The van der Waals surface area contributed by atoms with Gasteiger partial charge in [0, 0.05) is 18.6 Å². The van der Waals surface area contributed by atoms with Crippen molar-refractivity contribution in [3.05, 3.63) is 0 Å². The zero-order valence-electron chi connectivity index (χ0n) is 11.6. The highest BCUT2D eigenvalue weighted by atomic mass is 15.2. The van der Waals surface area contributed by atoms with Gasteiger partial charge in [-0.25, -0.2) is 0 Å². The Labute approximate surface area is 106 Å². The fraction of sp³-hybridized carbons (Fsp3) is 1.00. The van der Waals surface area contributed by atoms with Gasteiger partial charge in [0.15, 0.2) is 0 Å². The van der Waals surface area contributed by atoms with E-state index in [1.807, 2.05) is 0 Å². The molecule has 1 saturated carbocycles. The first kappa shape index (κ1) is 13.3. The minimum absolute atomic E-state index is 0.472. The van der Waals surface area contributed by atoms with Crippen molar-refractivity contribution < 1.29 is 0 Å². The van der Waals surface area contributed by atoms with Crippen molar-refractivity contribution in [1.29, 1.82) is 0 Å². The molecule has 0 spiro atoms. The third-order valence-electron chi connectivity index (χ3n) is 4.68. The Hall–Kier alpha value is -0.120. The monoisotopic (exact) mass is 239 g/mol. The lowest BCUT2D eigenvalue weighted by molar-refractivity contribution is 0.118. The molecule has 2 fully saturated rings. The van der Waals surface area contributed by atoms with Crippen molar-refractivity contribution in [2.75, 3.05) is 33.7 Å². The summed E-state index contributed by atoms with van der Waals surface area (Å²) < 4.78 is 0. The molecule has 100 valence electrons. The quantitative estimate of drug-likeness (QED) is 0.811. The van der Waals surface area contributed by atoms with Crippen LogP contribution in [0.1, 0.15) is 38.5 Å². The third-order valence-corrected chi connectivity index (χ3v) is 4.68. The Bertz CT molecular complexity index is 224. The zero-order valence-corrected chi connectivity index (χ0v) is 11.6. The number of nitrogens with two attached hydrogens (primary N) is 1. The highest BCUT2D eigenvalue weighted by molar-refractivity contribution is 4.81. The molecule has 3 nitrogen and oxygen atoms in total. The molecule has 0 amide bonds. The molecule has 0 bridgehead atoms. The van der Waals surface area contributed by atoms with Crippen molar-refractivity contribution in [2.24, 2.45) is 11.7 Å². The molecule has 1 aliphatic carbocycles. The summed E-state index contributed by atoms with van der Waals surface area (Å²) in [6.07, 6.45) is 7.90. The van der Waals surface area contributed by atoms with E-state index in [1.54, 1.807) is 0 Å². The summed E-state index contributed by atoms with van der Waals surface area (Å²) in [5, 5.41) is 0. The lowest BCUT2D eigenvalue weighted by Gasteiger charge is -2.38. The molecule has 0 aromatic heterocycles. The number of hydrogen-bond donors (Lipinski definition) is 1. The van der Waals surface area contributed by atoms with Gasteiger partial charge in [-0.2, -0.15) is 0 Å². The van der Waals surface area contributed by atoms with Crippen LogP contribution >= 0.6 is 0 Å². The van der Waals surface area contributed by atoms with Crippen LogP contribution in [0, 0.1) is 5.92 Å². The first-order chi connectivity index (χ1) is 8.15. The normalized spacial score (nSPS) is 33.2. The molecular formula is C14H29N3. The van der Waals surface area contributed by atoms with Gasteiger partial charge >= 0.3 is 0 Å². The van der Waals surface area contributed by atoms with Gasteiger partial charge in [0.05, 0.1) is 0 Å². The molecule has 2 rings (SSSR count). The highest BCUT2D eigenvalue weighted by Crippen LogP contribution is 2.25. The van der Waals surface area contributed by atoms with Gasteiger partial charge in [0.25, 0.3) is 0 Å². The smallest absolute Gasteiger partial charge is 0.0117 e.